The van der Waals surface area contributed by atoms with Crippen LogP contribution in [0.25, 0.3) is 0 Å². The van der Waals surface area contributed by atoms with Crippen LogP contribution in [0, 0.1) is 35.3 Å². The Hall–Kier alpha value is -1.33. The number of hydrogen-bond donors (Lipinski definition) is 0. The Morgan fingerprint density at radius 2 is 1.45 bits per heavy atom. The lowest BCUT2D eigenvalue weighted by atomic mass is 9.68. The van der Waals surface area contributed by atoms with Gasteiger partial charge in [0.25, 0.3) is 0 Å². The van der Waals surface area contributed by atoms with Crippen molar-refractivity contribution in [2.24, 2.45) is 23.7 Å². The Morgan fingerprint density at radius 1 is 0.871 bits per heavy atom. The number of benzene rings is 1. The third-order valence-electron chi connectivity index (χ3n) is 7.47. The molecule has 0 saturated heterocycles. The van der Waals surface area contributed by atoms with Crippen molar-refractivity contribution in [3.63, 3.8) is 0 Å². The molecule has 0 bridgehead atoms. The van der Waals surface area contributed by atoms with E-state index in [4.69, 9.17) is 0 Å². The van der Waals surface area contributed by atoms with Gasteiger partial charge in [-0.3, -0.25) is 0 Å². The Kier molecular flexibility index (Phi) is 8.25. The first kappa shape index (κ1) is 24.3. The fraction of sp³-hybridized carbons (Fsp3) is 0.760. The molecule has 0 aliphatic heterocycles. The van der Waals surface area contributed by atoms with Crippen molar-refractivity contribution in [2.75, 3.05) is 0 Å². The van der Waals surface area contributed by atoms with Crippen LogP contribution in [0.1, 0.15) is 96.0 Å². The summed E-state index contributed by atoms with van der Waals surface area (Å²) in [6, 6.07) is 2.15. The molecule has 0 N–H and O–H groups in total. The maximum absolute atomic E-state index is 14.4. The van der Waals surface area contributed by atoms with Crippen LogP contribution in [0.2, 0.25) is 0 Å². The summed E-state index contributed by atoms with van der Waals surface area (Å²) in [7, 11) is 0. The van der Waals surface area contributed by atoms with Crippen LogP contribution in [0.5, 0.6) is 5.75 Å². The minimum absolute atomic E-state index is 0.141. The van der Waals surface area contributed by atoms with Crippen LogP contribution in [0.15, 0.2) is 12.1 Å². The molecule has 1 aromatic rings. The first-order valence-corrected chi connectivity index (χ1v) is 11.9. The van der Waals surface area contributed by atoms with Gasteiger partial charge in [-0.15, -0.1) is 13.2 Å². The minimum atomic E-state index is -5.04. The van der Waals surface area contributed by atoms with Gasteiger partial charge in [0, 0.05) is 0 Å². The fourth-order valence-corrected chi connectivity index (χ4v) is 5.73. The molecule has 31 heavy (non-hydrogen) atoms. The van der Waals surface area contributed by atoms with E-state index in [1.54, 1.807) is 0 Å². The third-order valence-corrected chi connectivity index (χ3v) is 7.47. The second-order valence-electron chi connectivity index (χ2n) is 10.0. The molecule has 0 heterocycles. The van der Waals surface area contributed by atoms with Crippen LogP contribution in [0.3, 0.4) is 0 Å². The van der Waals surface area contributed by atoms with Gasteiger partial charge >= 0.3 is 6.36 Å². The lowest BCUT2D eigenvalue weighted by Gasteiger charge is -2.38. The largest absolute Gasteiger partial charge is 0.573 e. The van der Waals surface area contributed by atoms with Crippen molar-refractivity contribution in [2.45, 2.75) is 96.8 Å². The molecule has 2 saturated carbocycles. The first-order valence-electron chi connectivity index (χ1n) is 11.9. The van der Waals surface area contributed by atoms with Crippen LogP contribution in [0.4, 0.5) is 22.0 Å². The molecule has 6 heteroatoms. The molecule has 1 nitrogen and oxygen atoms in total. The van der Waals surface area contributed by atoms with Crippen molar-refractivity contribution in [1.29, 1.82) is 0 Å². The second-order valence-corrected chi connectivity index (χ2v) is 10.0. The first-order chi connectivity index (χ1) is 14.6. The predicted molar refractivity (Wildman–Crippen MR) is 112 cm³/mol. The van der Waals surface area contributed by atoms with Crippen LogP contribution in [-0.4, -0.2) is 6.36 Å². The molecule has 0 unspecified atom stereocenters. The second kappa shape index (κ2) is 10.5. The number of hydrogen-bond acceptors (Lipinski definition) is 1. The lowest BCUT2D eigenvalue weighted by Crippen LogP contribution is -2.26. The summed E-state index contributed by atoms with van der Waals surface area (Å²) >= 11 is 0. The van der Waals surface area contributed by atoms with Crippen LogP contribution >= 0.6 is 0 Å². The monoisotopic (exact) mass is 446 g/mol. The van der Waals surface area contributed by atoms with Gasteiger partial charge < -0.3 is 4.74 Å². The maximum atomic E-state index is 14.4. The summed E-state index contributed by atoms with van der Waals surface area (Å²) in [4.78, 5) is 0. The van der Waals surface area contributed by atoms with E-state index in [9.17, 15) is 22.0 Å². The summed E-state index contributed by atoms with van der Waals surface area (Å²) in [6.07, 6.45) is 7.58. The molecule has 2 fully saturated rings. The van der Waals surface area contributed by atoms with Gasteiger partial charge in [-0.25, -0.2) is 4.39 Å². The summed E-state index contributed by atoms with van der Waals surface area (Å²) < 4.78 is 69.1. The molecule has 176 valence electrons. The summed E-state index contributed by atoms with van der Waals surface area (Å²) in [5, 5.41) is 0. The molecular formula is C25H35F5O. The quantitative estimate of drug-likeness (QED) is 0.380. The third kappa shape index (κ3) is 6.82. The van der Waals surface area contributed by atoms with Gasteiger partial charge in [0.1, 0.15) is 0 Å². The van der Waals surface area contributed by atoms with E-state index in [1.807, 2.05) is 0 Å². The molecule has 0 spiro atoms. The summed E-state index contributed by atoms with van der Waals surface area (Å²) in [6.45, 7) is 4.55. The van der Waals surface area contributed by atoms with Gasteiger partial charge in [0.15, 0.2) is 11.6 Å². The van der Waals surface area contributed by atoms with Gasteiger partial charge in [0.05, 0.1) is 0 Å². The van der Waals surface area contributed by atoms with E-state index in [0.717, 1.165) is 49.5 Å². The van der Waals surface area contributed by atoms with Crippen molar-refractivity contribution in [3.05, 3.63) is 29.3 Å². The molecule has 2 aliphatic carbocycles. The normalized spacial score (nSPS) is 27.5. The standard InChI is InChI=1S/C25H35F5O/c1-16(2)4-3-5-17-6-8-18(9-7-17)19-10-12-20(13-11-19)21-14-15-22(24(27)23(21)26)31-25(28,29)30/h14-20H,3-13H2,1-2H3. The van der Waals surface area contributed by atoms with Crippen molar-refractivity contribution in [1.82, 2.24) is 0 Å². The number of alkyl halides is 3. The Labute approximate surface area is 182 Å². The lowest BCUT2D eigenvalue weighted by molar-refractivity contribution is -0.275. The minimum Gasteiger partial charge on any atom is -0.403 e. The van der Waals surface area contributed by atoms with Gasteiger partial charge in [-0.2, -0.15) is 4.39 Å². The van der Waals surface area contributed by atoms with E-state index >= 15 is 0 Å². The highest BCUT2D eigenvalue weighted by molar-refractivity contribution is 5.33. The molecule has 0 radical (unpaired) electrons. The highest BCUT2D eigenvalue weighted by Gasteiger charge is 2.35. The maximum Gasteiger partial charge on any atom is 0.573 e. The molecule has 0 atom stereocenters. The molecule has 3 rings (SSSR count). The average molecular weight is 447 g/mol. The van der Waals surface area contributed by atoms with Crippen molar-refractivity contribution >= 4 is 0 Å². The predicted octanol–water partition coefficient (Wildman–Crippen LogP) is 8.77. The fourth-order valence-electron chi connectivity index (χ4n) is 5.73. The zero-order chi connectivity index (χ0) is 22.6. The zero-order valence-corrected chi connectivity index (χ0v) is 18.6. The Balaban J connectivity index is 1.48. The number of halogens is 5. The molecule has 1 aromatic carbocycles. The van der Waals surface area contributed by atoms with Crippen molar-refractivity contribution < 1.29 is 26.7 Å². The van der Waals surface area contributed by atoms with Crippen LogP contribution in [-0.2, 0) is 0 Å². The van der Waals surface area contributed by atoms with Gasteiger partial charge in [0.2, 0.25) is 5.82 Å². The Bertz CT molecular complexity index is 699. The smallest absolute Gasteiger partial charge is 0.403 e. The topological polar surface area (TPSA) is 9.23 Å². The molecule has 0 amide bonds. The SMILES string of the molecule is CC(C)CCCC1CCC(C2CCC(c3ccc(OC(F)(F)F)c(F)c3F)CC2)CC1. The number of rotatable bonds is 7. The molecule has 2 aliphatic rings. The van der Waals surface area contributed by atoms with E-state index in [0.29, 0.717) is 5.92 Å². The highest BCUT2D eigenvalue weighted by Crippen LogP contribution is 2.45. The zero-order valence-electron chi connectivity index (χ0n) is 18.6. The van der Waals surface area contributed by atoms with E-state index < -0.39 is 23.7 Å². The summed E-state index contributed by atoms with van der Waals surface area (Å²) in [5.41, 5.74) is 0.180. The van der Waals surface area contributed by atoms with Crippen LogP contribution < -0.4 is 4.74 Å². The average Bonchev–Trinajstić information content (AvgIpc) is 2.71. The van der Waals surface area contributed by atoms with Crippen molar-refractivity contribution in [3.8, 4) is 5.75 Å². The number of ether oxygens (including phenoxy) is 1. The Morgan fingerprint density at radius 3 is 2.00 bits per heavy atom. The summed E-state index contributed by atoms with van der Waals surface area (Å²) in [5.74, 6) is -0.996. The van der Waals surface area contributed by atoms with E-state index in [2.05, 4.69) is 18.6 Å². The van der Waals surface area contributed by atoms with Gasteiger partial charge in [-0.05, 0) is 79.7 Å². The van der Waals surface area contributed by atoms with E-state index in [-0.39, 0.29) is 11.5 Å². The molecular weight excluding hydrogens is 411 g/mol. The van der Waals surface area contributed by atoms with E-state index in [1.165, 1.54) is 51.0 Å². The van der Waals surface area contributed by atoms with Gasteiger partial charge in [-0.1, -0.05) is 52.0 Å². The molecule has 0 aromatic heterocycles. The highest BCUT2D eigenvalue weighted by atomic mass is 19.4.